The van der Waals surface area contributed by atoms with Crippen molar-refractivity contribution in [3.05, 3.63) is 0 Å². The van der Waals surface area contributed by atoms with Crippen LogP contribution in [0, 0.1) is 11.3 Å². The molecule has 0 aromatic rings. The Labute approximate surface area is 76.3 Å². The lowest BCUT2D eigenvalue weighted by molar-refractivity contribution is 0.209. The Kier molecular flexibility index (Phi) is 5.16. The van der Waals surface area contributed by atoms with E-state index in [1.807, 2.05) is 0 Å². The van der Waals surface area contributed by atoms with Crippen LogP contribution in [0.3, 0.4) is 0 Å². The van der Waals surface area contributed by atoms with E-state index in [4.69, 9.17) is 11.6 Å². The van der Waals surface area contributed by atoms with Gasteiger partial charge in [0.15, 0.2) is 0 Å². The molecule has 0 rings (SSSR count). The lowest BCUT2D eigenvalue weighted by atomic mass is 9.75. The smallest absolute Gasteiger partial charge is 0.0279 e. The van der Waals surface area contributed by atoms with Crippen molar-refractivity contribution in [2.45, 2.75) is 47.0 Å². The van der Waals surface area contributed by atoms with Gasteiger partial charge in [-0.25, -0.2) is 0 Å². The highest BCUT2D eigenvalue weighted by atomic mass is 35.5. The fourth-order valence-electron chi connectivity index (χ4n) is 1.51. The van der Waals surface area contributed by atoms with Crippen molar-refractivity contribution in [1.29, 1.82) is 0 Å². The fourth-order valence-corrected chi connectivity index (χ4v) is 1.91. The van der Waals surface area contributed by atoms with E-state index in [0.29, 0.717) is 5.41 Å². The minimum atomic E-state index is 0.366. The van der Waals surface area contributed by atoms with Crippen molar-refractivity contribution in [3.63, 3.8) is 0 Å². The Balaban J connectivity index is 4.07. The van der Waals surface area contributed by atoms with Crippen molar-refractivity contribution < 1.29 is 0 Å². The molecule has 11 heavy (non-hydrogen) atoms. The molecule has 0 spiro atoms. The number of hydrogen-bond donors (Lipinski definition) is 0. The van der Waals surface area contributed by atoms with E-state index in [2.05, 4.69) is 27.7 Å². The van der Waals surface area contributed by atoms with Gasteiger partial charge in [0.05, 0.1) is 0 Å². The van der Waals surface area contributed by atoms with Crippen LogP contribution in [0.4, 0.5) is 0 Å². The van der Waals surface area contributed by atoms with Crippen molar-refractivity contribution in [1.82, 2.24) is 0 Å². The van der Waals surface area contributed by atoms with Gasteiger partial charge in [-0.3, -0.25) is 0 Å². The van der Waals surface area contributed by atoms with Crippen LogP contribution in [0.15, 0.2) is 0 Å². The molecule has 0 saturated heterocycles. The van der Waals surface area contributed by atoms with Crippen LogP contribution in [0.5, 0.6) is 0 Å². The van der Waals surface area contributed by atoms with Gasteiger partial charge < -0.3 is 0 Å². The largest absolute Gasteiger partial charge is 0.126 e. The molecule has 1 heteroatoms. The molecule has 0 amide bonds. The predicted octanol–water partition coefficient (Wildman–Crippen LogP) is 4.08. The molecule has 0 heterocycles. The highest BCUT2D eigenvalue weighted by Crippen LogP contribution is 2.35. The molecule has 2 atom stereocenters. The Bertz CT molecular complexity index is 101. The summed E-state index contributed by atoms with van der Waals surface area (Å²) < 4.78 is 0. The average molecular weight is 177 g/mol. The number of alkyl halides is 1. The SMILES string of the molecule is CCCC(C)(CCl)C(C)CC. The third-order valence-electron chi connectivity index (χ3n) is 2.93. The normalized spacial score (nSPS) is 19.4. The lowest BCUT2D eigenvalue weighted by Gasteiger charge is -2.33. The first-order valence-electron chi connectivity index (χ1n) is 4.66. The minimum Gasteiger partial charge on any atom is -0.126 e. The summed E-state index contributed by atoms with van der Waals surface area (Å²) in [5.74, 6) is 1.55. The number of halogens is 1. The summed E-state index contributed by atoms with van der Waals surface area (Å²) in [4.78, 5) is 0. The van der Waals surface area contributed by atoms with E-state index in [9.17, 15) is 0 Å². The van der Waals surface area contributed by atoms with Gasteiger partial charge in [0, 0.05) is 5.88 Å². The van der Waals surface area contributed by atoms with Gasteiger partial charge in [-0.1, -0.05) is 40.5 Å². The van der Waals surface area contributed by atoms with Crippen LogP contribution in [0.2, 0.25) is 0 Å². The predicted molar refractivity (Wildman–Crippen MR) is 53.2 cm³/mol. The molecular weight excluding hydrogens is 156 g/mol. The first-order valence-corrected chi connectivity index (χ1v) is 5.20. The zero-order valence-electron chi connectivity index (χ0n) is 8.28. The molecule has 0 aliphatic rings. The standard InChI is InChI=1S/C10H21Cl/c1-5-7-10(4,8-11)9(3)6-2/h9H,5-8H2,1-4H3. The molecule has 0 radical (unpaired) electrons. The second-order valence-corrected chi connectivity index (χ2v) is 4.11. The highest BCUT2D eigenvalue weighted by Gasteiger charge is 2.27. The number of rotatable bonds is 5. The first-order chi connectivity index (χ1) is 5.10. The van der Waals surface area contributed by atoms with E-state index >= 15 is 0 Å². The Morgan fingerprint density at radius 1 is 1.36 bits per heavy atom. The van der Waals surface area contributed by atoms with Gasteiger partial charge in [-0.15, -0.1) is 11.6 Å². The molecule has 0 fully saturated rings. The van der Waals surface area contributed by atoms with Crippen LogP contribution >= 0.6 is 11.6 Å². The van der Waals surface area contributed by atoms with Crippen molar-refractivity contribution in [2.75, 3.05) is 5.88 Å². The Hall–Kier alpha value is 0.290. The minimum absolute atomic E-state index is 0.366. The summed E-state index contributed by atoms with van der Waals surface area (Å²) in [6.45, 7) is 9.08. The molecule has 68 valence electrons. The summed E-state index contributed by atoms with van der Waals surface area (Å²) in [5.41, 5.74) is 0.366. The number of hydrogen-bond acceptors (Lipinski definition) is 0. The molecular formula is C10H21Cl. The zero-order valence-corrected chi connectivity index (χ0v) is 9.04. The lowest BCUT2D eigenvalue weighted by Crippen LogP contribution is -2.26. The van der Waals surface area contributed by atoms with Crippen LogP contribution < -0.4 is 0 Å². The second-order valence-electron chi connectivity index (χ2n) is 3.85. The van der Waals surface area contributed by atoms with Gasteiger partial charge in [0.25, 0.3) is 0 Å². The van der Waals surface area contributed by atoms with Crippen LogP contribution in [0.1, 0.15) is 47.0 Å². The Morgan fingerprint density at radius 2 is 1.91 bits per heavy atom. The summed E-state index contributed by atoms with van der Waals surface area (Å²) in [6.07, 6.45) is 3.74. The van der Waals surface area contributed by atoms with Gasteiger partial charge in [0.1, 0.15) is 0 Å². The monoisotopic (exact) mass is 176 g/mol. The van der Waals surface area contributed by atoms with Gasteiger partial charge in [-0.2, -0.15) is 0 Å². The van der Waals surface area contributed by atoms with Gasteiger partial charge >= 0.3 is 0 Å². The topological polar surface area (TPSA) is 0 Å². The summed E-state index contributed by atoms with van der Waals surface area (Å²) >= 11 is 5.96. The van der Waals surface area contributed by atoms with Crippen molar-refractivity contribution in [2.24, 2.45) is 11.3 Å². The molecule has 0 bridgehead atoms. The molecule has 2 unspecified atom stereocenters. The zero-order chi connectivity index (χ0) is 8.91. The molecule has 0 aliphatic heterocycles. The third-order valence-corrected chi connectivity index (χ3v) is 3.54. The fraction of sp³-hybridized carbons (Fsp3) is 1.00. The van der Waals surface area contributed by atoms with E-state index in [1.54, 1.807) is 0 Å². The molecule has 0 aliphatic carbocycles. The quantitative estimate of drug-likeness (QED) is 0.554. The van der Waals surface area contributed by atoms with Gasteiger partial charge in [0.2, 0.25) is 0 Å². The second kappa shape index (κ2) is 5.03. The van der Waals surface area contributed by atoms with Crippen molar-refractivity contribution >= 4 is 11.6 Å². The van der Waals surface area contributed by atoms with Crippen LogP contribution in [0.25, 0.3) is 0 Å². The van der Waals surface area contributed by atoms with E-state index in [0.717, 1.165) is 11.8 Å². The first kappa shape index (κ1) is 11.3. The Morgan fingerprint density at radius 3 is 2.18 bits per heavy atom. The maximum atomic E-state index is 5.96. The van der Waals surface area contributed by atoms with Crippen LogP contribution in [-0.4, -0.2) is 5.88 Å². The molecule has 0 saturated carbocycles. The maximum Gasteiger partial charge on any atom is 0.0279 e. The van der Waals surface area contributed by atoms with E-state index in [1.165, 1.54) is 19.3 Å². The van der Waals surface area contributed by atoms with Gasteiger partial charge in [-0.05, 0) is 17.8 Å². The average Bonchev–Trinajstić information content (AvgIpc) is 2.03. The molecule has 0 nitrogen and oxygen atoms in total. The molecule has 0 N–H and O–H groups in total. The van der Waals surface area contributed by atoms with E-state index in [-0.39, 0.29) is 0 Å². The summed E-state index contributed by atoms with van der Waals surface area (Å²) in [7, 11) is 0. The highest BCUT2D eigenvalue weighted by molar-refractivity contribution is 6.18. The van der Waals surface area contributed by atoms with Crippen molar-refractivity contribution in [3.8, 4) is 0 Å². The van der Waals surface area contributed by atoms with E-state index < -0.39 is 0 Å². The molecule has 0 aromatic carbocycles. The van der Waals surface area contributed by atoms with Crippen LogP contribution in [-0.2, 0) is 0 Å². The maximum absolute atomic E-state index is 5.96. The third kappa shape index (κ3) is 3.02. The summed E-state index contributed by atoms with van der Waals surface area (Å²) in [5, 5.41) is 0. The summed E-state index contributed by atoms with van der Waals surface area (Å²) in [6, 6.07) is 0. The molecule has 0 aromatic heterocycles.